The van der Waals surface area contributed by atoms with Gasteiger partial charge in [0.1, 0.15) is 5.71 Å². The van der Waals surface area contributed by atoms with Gasteiger partial charge in [-0.25, -0.2) is 5.43 Å². The van der Waals surface area contributed by atoms with Crippen molar-refractivity contribution in [1.29, 1.82) is 0 Å². The smallest absolute Gasteiger partial charge is 0.273 e. The van der Waals surface area contributed by atoms with E-state index in [2.05, 4.69) is 30.6 Å². The average molecular weight is 376 g/mol. The molecule has 0 saturated carbocycles. The van der Waals surface area contributed by atoms with Crippen LogP contribution in [0, 0.1) is 0 Å². The molecule has 7 heteroatoms. The van der Waals surface area contributed by atoms with Crippen LogP contribution < -0.4 is 5.43 Å². The van der Waals surface area contributed by atoms with E-state index in [4.69, 9.17) is 0 Å². The zero-order valence-electron chi connectivity index (χ0n) is 15.9. The molecule has 4 heterocycles. The molecule has 2 N–H and O–H groups in total. The first kappa shape index (κ1) is 17.3. The van der Waals surface area contributed by atoms with Gasteiger partial charge in [-0.2, -0.15) is 15.3 Å². The SMILES string of the molecule is O=C1NN=C(c2ccnnc2)/C1=C\c1[nH]c2c(c1CN1CCCC1)CCCC2. The molecule has 1 fully saturated rings. The summed E-state index contributed by atoms with van der Waals surface area (Å²) in [4.78, 5) is 18.7. The number of H-pyrrole nitrogens is 1. The highest BCUT2D eigenvalue weighted by Crippen LogP contribution is 2.31. The zero-order valence-corrected chi connectivity index (χ0v) is 15.9. The summed E-state index contributed by atoms with van der Waals surface area (Å²) in [5.74, 6) is -0.175. The highest BCUT2D eigenvalue weighted by molar-refractivity contribution is 6.33. The maximum atomic E-state index is 12.5. The van der Waals surface area contributed by atoms with Crippen LogP contribution >= 0.6 is 0 Å². The number of nitrogens with zero attached hydrogens (tertiary/aromatic N) is 4. The summed E-state index contributed by atoms with van der Waals surface area (Å²) in [6.45, 7) is 3.27. The van der Waals surface area contributed by atoms with Gasteiger partial charge in [0.2, 0.25) is 0 Å². The topological polar surface area (TPSA) is 86.3 Å². The Bertz CT molecular complexity index is 953. The summed E-state index contributed by atoms with van der Waals surface area (Å²) in [6, 6.07) is 1.82. The number of aryl methyl sites for hydroxylation is 1. The first-order chi connectivity index (χ1) is 13.8. The monoisotopic (exact) mass is 376 g/mol. The Hall–Kier alpha value is -2.80. The maximum absolute atomic E-state index is 12.5. The van der Waals surface area contributed by atoms with Crippen molar-refractivity contribution < 1.29 is 4.79 Å². The first-order valence-corrected chi connectivity index (χ1v) is 10.1. The molecule has 2 aliphatic heterocycles. The molecule has 1 saturated heterocycles. The van der Waals surface area contributed by atoms with Crippen LogP contribution in [0.25, 0.3) is 6.08 Å². The predicted octanol–water partition coefficient (Wildman–Crippen LogP) is 2.20. The summed E-state index contributed by atoms with van der Waals surface area (Å²) in [7, 11) is 0. The molecule has 2 aromatic rings. The van der Waals surface area contributed by atoms with Crippen LogP contribution in [0.2, 0.25) is 0 Å². The normalized spacial score (nSPS) is 21.1. The minimum absolute atomic E-state index is 0.175. The van der Waals surface area contributed by atoms with Gasteiger partial charge < -0.3 is 4.98 Å². The number of hydrogen-bond acceptors (Lipinski definition) is 5. The zero-order chi connectivity index (χ0) is 18.9. The number of nitrogens with one attached hydrogen (secondary N) is 2. The number of hydrazone groups is 1. The quantitative estimate of drug-likeness (QED) is 0.801. The van der Waals surface area contributed by atoms with Gasteiger partial charge in [-0.3, -0.25) is 9.69 Å². The Kier molecular flexibility index (Phi) is 4.52. The van der Waals surface area contributed by atoms with Gasteiger partial charge in [0.05, 0.1) is 18.0 Å². The Morgan fingerprint density at radius 2 is 1.96 bits per heavy atom. The molecule has 5 rings (SSSR count). The number of amides is 1. The maximum Gasteiger partial charge on any atom is 0.273 e. The van der Waals surface area contributed by atoms with Gasteiger partial charge in [-0.1, -0.05) is 0 Å². The highest BCUT2D eigenvalue weighted by atomic mass is 16.2. The molecule has 1 amide bonds. The van der Waals surface area contributed by atoms with Gasteiger partial charge >= 0.3 is 0 Å². The van der Waals surface area contributed by atoms with Crippen molar-refractivity contribution in [2.45, 2.75) is 45.1 Å². The molecule has 1 aliphatic carbocycles. The molecular weight excluding hydrogens is 352 g/mol. The summed E-state index contributed by atoms with van der Waals surface area (Å²) >= 11 is 0. The van der Waals surface area contributed by atoms with Gasteiger partial charge in [-0.15, -0.1) is 0 Å². The lowest BCUT2D eigenvalue weighted by atomic mass is 9.93. The number of carbonyl (C=O) groups is 1. The predicted molar refractivity (Wildman–Crippen MR) is 107 cm³/mol. The number of rotatable bonds is 4. The number of aromatic nitrogens is 3. The van der Waals surface area contributed by atoms with E-state index in [-0.39, 0.29) is 5.91 Å². The molecule has 0 aromatic carbocycles. The lowest BCUT2D eigenvalue weighted by Crippen LogP contribution is -2.20. The number of carbonyl (C=O) groups excluding carboxylic acids is 1. The number of likely N-dealkylation sites (tertiary alicyclic amines) is 1. The molecule has 3 aliphatic rings. The summed E-state index contributed by atoms with van der Waals surface area (Å²) in [6.07, 6.45) is 12.5. The summed E-state index contributed by atoms with van der Waals surface area (Å²) in [5.41, 5.74) is 9.81. The van der Waals surface area contributed by atoms with Crippen molar-refractivity contribution in [3.8, 4) is 0 Å². The lowest BCUT2D eigenvalue weighted by Gasteiger charge is -2.18. The number of fused-ring (bicyclic) bond motifs is 1. The fourth-order valence-electron chi connectivity index (χ4n) is 4.51. The van der Waals surface area contributed by atoms with Crippen LogP contribution in [0.4, 0.5) is 0 Å². The van der Waals surface area contributed by atoms with Crippen molar-refractivity contribution in [3.05, 3.63) is 52.1 Å². The summed E-state index contributed by atoms with van der Waals surface area (Å²) in [5, 5.41) is 12.0. The Morgan fingerprint density at radius 3 is 2.79 bits per heavy atom. The van der Waals surface area contributed by atoms with E-state index in [1.807, 2.05) is 12.1 Å². The lowest BCUT2D eigenvalue weighted by molar-refractivity contribution is -0.116. The third kappa shape index (κ3) is 3.16. The number of aromatic amines is 1. The van der Waals surface area contributed by atoms with Gasteiger partial charge in [-0.05, 0) is 74.9 Å². The first-order valence-electron chi connectivity index (χ1n) is 10.1. The van der Waals surface area contributed by atoms with Crippen molar-refractivity contribution in [2.24, 2.45) is 5.10 Å². The van der Waals surface area contributed by atoms with Crippen LogP contribution in [0.1, 0.15) is 53.8 Å². The van der Waals surface area contributed by atoms with E-state index in [9.17, 15) is 4.79 Å². The second-order valence-electron chi connectivity index (χ2n) is 7.76. The Morgan fingerprint density at radius 1 is 1.11 bits per heavy atom. The van der Waals surface area contributed by atoms with Crippen LogP contribution in [-0.2, 0) is 24.2 Å². The average Bonchev–Trinajstić information content (AvgIpc) is 3.45. The van der Waals surface area contributed by atoms with Crippen LogP contribution in [0.3, 0.4) is 0 Å². The fraction of sp³-hybridized carbons (Fsp3) is 0.429. The number of hydrogen-bond donors (Lipinski definition) is 2. The molecule has 0 radical (unpaired) electrons. The van der Waals surface area contributed by atoms with Gasteiger partial charge in [0.15, 0.2) is 0 Å². The minimum atomic E-state index is -0.175. The Balaban J connectivity index is 1.55. The molecule has 7 nitrogen and oxygen atoms in total. The van der Waals surface area contributed by atoms with E-state index in [0.29, 0.717) is 11.3 Å². The van der Waals surface area contributed by atoms with E-state index >= 15 is 0 Å². The highest BCUT2D eigenvalue weighted by Gasteiger charge is 2.27. The Labute approximate surface area is 163 Å². The molecule has 144 valence electrons. The minimum Gasteiger partial charge on any atom is -0.358 e. The van der Waals surface area contributed by atoms with E-state index in [1.54, 1.807) is 12.4 Å². The van der Waals surface area contributed by atoms with Crippen LogP contribution in [0.15, 0.2) is 29.1 Å². The molecule has 0 atom stereocenters. The second-order valence-corrected chi connectivity index (χ2v) is 7.76. The van der Waals surface area contributed by atoms with Gasteiger partial charge in [0.25, 0.3) is 5.91 Å². The van der Waals surface area contributed by atoms with E-state index < -0.39 is 0 Å². The largest absolute Gasteiger partial charge is 0.358 e. The van der Waals surface area contributed by atoms with Crippen molar-refractivity contribution in [2.75, 3.05) is 13.1 Å². The van der Waals surface area contributed by atoms with Crippen molar-refractivity contribution >= 4 is 17.7 Å². The molecule has 0 bridgehead atoms. The third-order valence-electron chi connectivity index (χ3n) is 5.94. The molecule has 0 unspecified atom stereocenters. The summed E-state index contributed by atoms with van der Waals surface area (Å²) < 4.78 is 0. The van der Waals surface area contributed by atoms with Gasteiger partial charge in [0, 0.05) is 23.5 Å². The standard InChI is InChI=1S/C21H24N6O/c28-21-16(20(25-26-21)14-7-8-22-23-12-14)11-19-17(13-27-9-3-4-10-27)15-5-1-2-6-18(15)24-19/h7-8,11-12,24H,1-6,9-10,13H2,(H,26,28)/b16-11+. The van der Waals surface area contributed by atoms with E-state index in [0.717, 1.165) is 43.7 Å². The molecule has 0 spiro atoms. The molecular formula is C21H24N6O. The molecule has 2 aromatic heterocycles. The second kappa shape index (κ2) is 7.31. The van der Waals surface area contributed by atoms with Crippen LogP contribution in [0.5, 0.6) is 0 Å². The molecule has 28 heavy (non-hydrogen) atoms. The van der Waals surface area contributed by atoms with E-state index in [1.165, 1.54) is 42.5 Å². The van der Waals surface area contributed by atoms with Crippen LogP contribution in [-0.4, -0.2) is 44.8 Å². The third-order valence-corrected chi connectivity index (χ3v) is 5.94. The van der Waals surface area contributed by atoms with Crippen molar-refractivity contribution in [1.82, 2.24) is 25.5 Å². The van der Waals surface area contributed by atoms with Crippen molar-refractivity contribution in [3.63, 3.8) is 0 Å². The fourth-order valence-corrected chi connectivity index (χ4v) is 4.51.